The van der Waals surface area contributed by atoms with E-state index in [1.165, 1.54) is 17.3 Å². The summed E-state index contributed by atoms with van der Waals surface area (Å²) in [6, 6.07) is 18.2. The fourth-order valence-electron chi connectivity index (χ4n) is 3.11. The largest absolute Gasteiger partial charge is 0.325 e. The molecule has 0 fully saturated rings. The number of rotatable bonds is 9. The molecule has 0 atom stereocenters. The monoisotopic (exact) mass is 408 g/mol. The van der Waals surface area contributed by atoms with Gasteiger partial charge in [0.25, 0.3) is 0 Å². The molecule has 5 nitrogen and oxygen atoms in total. The van der Waals surface area contributed by atoms with Crippen molar-refractivity contribution < 1.29 is 4.79 Å². The fourth-order valence-corrected chi connectivity index (χ4v) is 3.88. The third kappa shape index (κ3) is 6.46. The van der Waals surface area contributed by atoms with Crippen molar-refractivity contribution in [1.29, 1.82) is 0 Å². The van der Waals surface area contributed by atoms with E-state index in [2.05, 4.69) is 58.2 Å². The Morgan fingerprint density at radius 3 is 2.59 bits per heavy atom. The standard InChI is InChI=1S/C23H28N4OS/c1-17(2)15-27-21(13-12-19-9-5-4-6-10-19)25-26-23(27)29-16-22(28)24-20-11-7-8-18(3)14-20/h4-11,14,17H,12-13,15-16H2,1-3H3,(H,24,28). The van der Waals surface area contributed by atoms with Gasteiger partial charge < -0.3 is 9.88 Å². The third-order valence-electron chi connectivity index (χ3n) is 4.46. The van der Waals surface area contributed by atoms with E-state index in [1.807, 2.05) is 37.3 Å². The number of hydrogen-bond acceptors (Lipinski definition) is 4. The molecule has 1 amide bonds. The van der Waals surface area contributed by atoms with E-state index in [9.17, 15) is 4.79 Å². The highest BCUT2D eigenvalue weighted by molar-refractivity contribution is 7.99. The summed E-state index contributed by atoms with van der Waals surface area (Å²) >= 11 is 1.44. The molecule has 0 aliphatic heterocycles. The Labute approximate surface area is 176 Å². The number of anilines is 1. The van der Waals surface area contributed by atoms with Gasteiger partial charge in [-0.3, -0.25) is 4.79 Å². The van der Waals surface area contributed by atoms with Gasteiger partial charge in [-0.1, -0.05) is 68.1 Å². The van der Waals surface area contributed by atoms with Crippen LogP contribution in [0.2, 0.25) is 0 Å². The number of thioether (sulfide) groups is 1. The molecule has 152 valence electrons. The van der Waals surface area contributed by atoms with Crippen LogP contribution in [0.4, 0.5) is 5.69 Å². The van der Waals surface area contributed by atoms with Gasteiger partial charge in [0.05, 0.1) is 5.75 Å². The Balaban J connectivity index is 1.63. The van der Waals surface area contributed by atoms with Gasteiger partial charge in [-0.05, 0) is 42.5 Å². The second-order valence-electron chi connectivity index (χ2n) is 7.60. The number of benzene rings is 2. The molecule has 3 rings (SSSR count). The lowest BCUT2D eigenvalue weighted by Gasteiger charge is -2.12. The SMILES string of the molecule is Cc1cccc(NC(=O)CSc2nnc(CCc3ccccc3)n2CC(C)C)c1. The molecule has 1 N–H and O–H groups in total. The molecule has 1 heterocycles. The number of aromatic nitrogens is 3. The van der Waals surface area contributed by atoms with Crippen molar-refractivity contribution in [3.05, 3.63) is 71.5 Å². The maximum absolute atomic E-state index is 12.4. The molecule has 2 aromatic carbocycles. The maximum atomic E-state index is 12.4. The Morgan fingerprint density at radius 1 is 1.07 bits per heavy atom. The molecule has 0 saturated heterocycles. The van der Waals surface area contributed by atoms with E-state index < -0.39 is 0 Å². The van der Waals surface area contributed by atoms with Crippen LogP contribution in [-0.4, -0.2) is 26.4 Å². The van der Waals surface area contributed by atoms with Crippen LogP contribution < -0.4 is 5.32 Å². The van der Waals surface area contributed by atoms with Gasteiger partial charge >= 0.3 is 0 Å². The molecule has 0 spiro atoms. The van der Waals surface area contributed by atoms with Crippen LogP contribution in [0.1, 0.15) is 30.8 Å². The number of nitrogens with one attached hydrogen (secondary N) is 1. The van der Waals surface area contributed by atoms with E-state index in [4.69, 9.17) is 0 Å². The first-order chi connectivity index (χ1) is 14.0. The Hall–Kier alpha value is -2.60. The topological polar surface area (TPSA) is 59.8 Å². The van der Waals surface area contributed by atoms with Gasteiger partial charge in [-0.25, -0.2) is 0 Å². The number of nitrogens with zero attached hydrogens (tertiary/aromatic N) is 3. The predicted octanol–water partition coefficient (Wildman–Crippen LogP) is 4.76. The molecule has 29 heavy (non-hydrogen) atoms. The van der Waals surface area contributed by atoms with Crippen LogP contribution in [0.25, 0.3) is 0 Å². The zero-order valence-electron chi connectivity index (χ0n) is 17.3. The van der Waals surface area contributed by atoms with Gasteiger partial charge in [-0.2, -0.15) is 0 Å². The number of carbonyl (C=O) groups excluding carboxylic acids is 1. The molecule has 6 heteroatoms. The molecule has 1 aromatic heterocycles. The second-order valence-corrected chi connectivity index (χ2v) is 8.54. The lowest BCUT2D eigenvalue weighted by Crippen LogP contribution is -2.15. The summed E-state index contributed by atoms with van der Waals surface area (Å²) in [7, 11) is 0. The molecule has 3 aromatic rings. The van der Waals surface area contributed by atoms with Crippen LogP contribution in [0, 0.1) is 12.8 Å². The van der Waals surface area contributed by atoms with Crippen LogP contribution >= 0.6 is 11.8 Å². The normalized spacial score (nSPS) is 11.0. The minimum absolute atomic E-state index is 0.0365. The van der Waals surface area contributed by atoms with Gasteiger partial charge in [0.1, 0.15) is 5.82 Å². The number of carbonyl (C=O) groups is 1. The lowest BCUT2D eigenvalue weighted by atomic mass is 10.1. The van der Waals surface area contributed by atoms with Gasteiger partial charge in [0.2, 0.25) is 5.91 Å². The predicted molar refractivity (Wildman–Crippen MR) is 119 cm³/mol. The highest BCUT2D eigenvalue weighted by atomic mass is 32.2. The summed E-state index contributed by atoms with van der Waals surface area (Å²) in [6.45, 7) is 7.22. The molecular weight excluding hydrogens is 380 g/mol. The summed E-state index contributed by atoms with van der Waals surface area (Å²) in [5, 5.41) is 12.5. The summed E-state index contributed by atoms with van der Waals surface area (Å²) in [5.74, 6) is 1.72. The molecule has 0 unspecified atom stereocenters. The van der Waals surface area contributed by atoms with Crippen LogP contribution in [0.5, 0.6) is 0 Å². The van der Waals surface area contributed by atoms with E-state index in [0.717, 1.165) is 41.6 Å². The first-order valence-corrected chi connectivity index (χ1v) is 10.9. The first kappa shape index (κ1) is 21.1. The first-order valence-electron chi connectivity index (χ1n) is 9.96. The quantitative estimate of drug-likeness (QED) is 0.519. The zero-order valence-corrected chi connectivity index (χ0v) is 18.1. The zero-order chi connectivity index (χ0) is 20.6. The molecule has 0 bridgehead atoms. The summed E-state index contributed by atoms with van der Waals surface area (Å²) < 4.78 is 2.16. The van der Waals surface area contributed by atoms with Gasteiger partial charge in [-0.15, -0.1) is 10.2 Å². The van der Waals surface area contributed by atoms with E-state index in [1.54, 1.807) is 0 Å². The smallest absolute Gasteiger partial charge is 0.234 e. The Kier molecular flexibility index (Phi) is 7.47. The van der Waals surface area contributed by atoms with Crippen molar-refractivity contribution in [3.63, 3.8) is 0 Å². The summed E-state index contributed by atoms with van der Waals surface area (Å²) in [6.07, 6.45) is 1.76. The van der Waals surface area contributed by atoms with Gasteiger partial charge in [0, 0.05) is 18.7 Å². The van der Waals surface area contributed by atoms with Crippen molar-refractivity contribution in [2.45, 2.75) is 45.3 Å². The van der Waals surface area contributed by atoms with Crippen molar-refractivity contribution in [2.24, 2.45) is 5.92 Å². The minimum atomic E-state index is -0.0365. The Bertz CT molecular complexity index is 937. The van der Waals surface area contributed by atoms with Crippen molar-refractivity contribution in [2.75, 3.05) is 11.1 Å². The summed E-state index contributed by atoms with van der Waals surface area (Å²) in [4.78, 5) is 12.4. The number of hydrogen-bond donors (Lipinski definition) is 1. The molecule has 0 radical (unpaired) electrons. The molecule has 0 saturated carbocycles. The fraction of sp³-hybridized carbons (Fsp3) is 0.348. The highest BCUT2D eigenvalue weighted by Crippen LogP contribution is 2.20. The van der Waals surface area contributed by atoms with E-state index in [0.29, 0.717) is 11.7 Å². The third-order valence-corrected chi connectivity index (χ3v) is 5.42. The average molecular weight is 409 g/mol. The molecule has 0 aliphatic rings. The Morgan fingerprint density at radius 2 is 1.86 bits per heavy atom. The highest BCUT2D eigenvalue weighted by Gasteiger charge is 2.15. The number of aryl methyl sites for hydroxylation is 3. The van der Waals surface area contributed by atoms with Crippen molar-refractivity contribution >= 4 is 23.4 Å². The average Bonchev–Trinajstić information content (AvgIpc) is 3.06. The van der Waals surface area contributed by atoms with Crippen LogP contribution in [-0.2, 0) is 24.2 Å². The van der Waals surface area contributed by atoms with E-state index in [-0.39, 0.29) is 5.91 Å². The van der Waals surface area contributed by atoms with Crippen LogP contribution in [0.3, 0.4) is 0 Å². The minimum Gasteiger partial charge on any atom is -0.325 e. The van der Waals surface area contributed by atoms with Gasteiger partial charge in [0.15, 0.2) is 5.16 Å². The van der Waals surface area contributed by atoms with Crippen molar-refractivity contribution in [3.8, 4) is 0 Å². The lowest BCUT2D eigenvalue weighted by molar-refractivity contribution is -0.113. The van der Waals surface area contributed by atoms with Crippen LogP contribution in [0.15, 0.2) is 59.8 Å². The maximum Gasteiger partial charge on any atom is 0.234 e. The molecular formula is C23H28N4OS. The van der Waals surface area contributed by atoms with E-state index >= 15 is 0 Å². The second kappa shape index (κ2) is 10.3. The van der Waals surface area contributed by atoms with Crippen molar-refractivity contribution in [1.82, 2.24) is 14.8 Å². The molecule has 0 aliphatic carbocycles. The number of amides is 1. The summed E-state index contributed by atoms with van der Waals surface area (Å²) in [5.41, 5.74) is 3.23.